The lowest BCUT2D eigenvalue weighted by Gasteiger charge is -2.01. The Bertz CT molecular complexity index is 600. The van der Waals surface area contributed by atoms with E-state index < -0.39 is 9.84 Å². The number of rotatable bonds is 2. The van der Waals surface area contributed by atoms with Gasteiger partial charge in [-0.2, -0.15) is 0 Å². The van der Waals surface area contributed by atoms with Crippen LogP contribution in [0, 0.1) is 0 Å². The van der Waals surface area contributed by atoms with Crippen LogP contribution in [-0.4, -0.2) is 19.7 Å². The van der Waals surface area contributed by atoms with Crippen molar-refractivity contribution in [3.05, 3.63) is 29.8 Å². The molecule has 2 N–H and O–H groups in total. The van der Waals surface area contributed by atoms with Crippen LogP contribution < -0.4 is 5.73 Å². The Morgan fingerprint density at radius 3 is 2.31 bits per heavy atom. The highest BCUT2D eigenvalue weighted by Crippen LogP contribution is 2.28. The molecule has 0 saturated heterocycles. The third-order valence-electron chi connectivity index (χ3n) is 2.15. The first kappa shape index (κ1) is 11.1. The van der Waals surface area contributed by atoms with Gasteiger partial charge in [0, 0.05) is 11.8 Å². The zero-order valence-electron chi connectivity index (χ0n) is 8.54. The Balaban J connectivity index is 2.45. The molecule has 0 unspecified atom stereocenters. The van der Waals surface area contributed by atoms with Crippen molar-refractivity contribution in [2.75, 3.05) is 12.0 Å². The minimum absolute atomic E-state index is 0.296. The number of thiazole rings is 1. The van der Waals surface area contributed by atoms with Crippen molar-refractivity contribution in [1.29, 1.82) is 0 Å². The van der Waals surface area contributed by atoms with E-state index in [0.717, 1.165) is 5.56 Å². The molecule has 0 fully saturated rings. The number of hydrogen-bond donors (Lipinski definition) is 1. The molecule has 0 radical (unpaired) electrons. The molecule has 0 aliphatic heterocycles. The molecule has 0 aliphatic rings. The summed E-state index contributed by atoms with van der Waals surface area (Å²) in [6.07, 6.45) is 1.18. The maximum absolute atomic E-state index is 11.3. The van der Waals surface area contributed by atoms with Gasteiger partial charge in [-0.15, -0.1) is 11.3 Å². The van der Waals surface area contributed by atoms with Crippen LogP contribution in [0.15, 0.2) is 34.7 Å². The number of nitrogen functional groups attached to an aromatic ring is 1. The molecule has 1 heterocycles. The molecule has 0 atom stereocenters. The van der Waals surface area contributed by atoms with E-state index in [-0.39, 0.29) is 0 Å². The summed E-state index contributed by atoms with van der Waals surface area (Å²) in [6.45, 7) is 0. The van der Waals surface area contributed by atoms with Crippen molar-refractivity contribution in [2.24, 2.45) is 0 Å². The molecular formula is C10H10N2O2S2. The minimum Gasteiger partial charge on any atom is -0.389 e. The van der Waals surface area contributed by atoms with E-state index in [9.17, 15) is 8.42 Å². The monoisotopic (exact) mass is 254 g/mol. The van der Waals surface area contributed by atoms with Crippen LogP contribution in [-0.2, 0) is 9.84 Å². The Hall–Kier alpha value is -1.40. The van der Waals surface area contributed by atoms with Gasteiger partial charge in [0.15, 0.2) is 9.84 Å². The second kappa shape index (κ2) is 3.88. The predicted molar refractivity (Wildman–Crippen MR) is 65.1 cm³/mol. The highest BCUT2D eigenvalue weighted by molar-refractivity contribution is 7.90. The summed E-state index contributed by atoms with van der Waals surface area (Å²) in [5.41, 5.74) is 8.92. The van der Waals surface area contributed by atoms with Crippen LogP contribution in [0.2, 0.25) is 0 Å². The van der Waals surface area contributed by atoms with Crippen LogP contribution in [0.3, 0.4) is 0 Å². The number of benzene rings is 1. The third kappa shape index (κ3) is 2.07. The van der Waals surface area contributed by atoms with Crippen molar-refractivity contribution < 1.29 is 8.42 Å². The van der Waals surface area contributed by atoms with Crippen molar-refractivity contribution >= 4 is 26.2 Å². The average molecular weight is 254 g/mol. The molecule has 4 nitrogen and oxygen atoms in total. The Labute approximate surface area is 97.7 Å². The lowest BCUT2D eigenvalue weighted by atomic mass is 10.2. The molecule has 1 aromatic heterocycles. The van der Waals surface area contributed by atoms with Crippen molar-refractivity contribution in [2.45, 2.75) is 4.90 Å². The molecule has 1 aromatic carbocycles. The van der Waals surface area contributed by atoms with Gasteiger partial charge in [0.05, 0.1) is 10.4 Å². The maximum atomic E-state index is 11.3. The second-order valence-electron chi connectivity index (χ2n) is 3.36. The number of nitrogens with zero attached hydrogens (tertiary/aromatic N) is 1. The third-order valence-corrected chi connectivity index (χ3v) is 3.94. The van der Waals surface area contributed by atoms with Gasteiger partial charge in [-0.05, 0) is 12.1 Å². The van der Waals surface area contributed by atoms with E-state index in [1.54, 1.807) is 29.8 Å². The molecule has 0 saturated carbocycles. The van der Waals surface area contributed by atoms with Gasteiger partial charge < -0.3 is 5.73 Å². The number of hydrogen-bond acceptors (Lipinski definition) is 5. The molecule has 2 aromatic rings. The first-order chi connectivity index (χ1) is 7.48. The van der Waals surface area contributed by atoms with E-state index in [1.165, 1.54) is 17.6 Å². The summed E-state index contributed by atoms with van der Waals surface area (Å²) in [7, 11) is -3.15. The van der Waals surface area contributed by atoms with Gasteiger partial charge in [0.2, 0.25) is 0 Å². The van der Waals surface area contributed by atoms with Crippen molar-refractivity contribution in [1.82, 2.24) is 4.98 Å². The highest BCUT2D eigenvalue weighted by Gasteiger charge is 2.09. The Morgan fingerprint density at radius 1 is 1.25 bits per heavy atom. The normalized spacial score (nSPS) is 11.6. The lowest BCUT2D eigenvalue weighted by Crippen LogP contribution is -1.96. The van der Waals surface area contributed by atoms with Gasteiger partial charge in [-0.25, -0.2) is 13.4 Å². The van der Waals surface area contributed by atoms with Crippen molar-refractivity contribution in [3.8, 4) is 11.3 Å². The van der Waals surface area contributed by atoms with Crippen LogP contribution in [0.25, 0.3) is 11.3 Å². The van der Waals surface area contributed by atoms with E-state index in [2.05, 4.69) is 4.98 Å². The summed E-state index contributed by atoms with van der Waals surface area (Å²) < 4.78 is 22.5. The summed E-state index contributed by atoms with van der Waals surface area (Å²) in [5.74, 6) is 0. The van der Waals surface area contributed by atoms with Crippen LogP contribution >= 0.6 is 11.3 Å². The van der Waals surface area contributed by atoms with Gasteiger partial charge in [0.25, 0.3) is 0 Å². The molecular weight excluding hydrogens is 244 g/mol. The van der Waals surface area contributed by atoms with Crippen LogP contribution in [0.4, 0.5) is 5.00 Å². The topological polar surface area (TPSA) is 73.0 Å². The number of anilines is 1. The fraction of sp³-hybridized carbons (Fsp3) is 0.100. The fourth-order valence-corrected chi connectivity index (χ4v) is 2.52. The first-order valence-corrected chi connectivity index (χ1v) is 7.25. The zero-order chi connectivity index (χ0) is 11.8. The van der Waals surface area contributed by atoms with E-state index >= 15 is 0 Å². The van der Waals surface area contributed by atoms with Gasteiger partial charge in [-0.1, -0.05) is 12.1 Å². The molecule has 6 heteroatoms. The quantitative estimate of drug-likeness (QED) is 0.886. The summed E-state index contributed by atoms with van der Waals surface area (Å²) in [4.78, 5) is 4.42. The van der Waals surface area contributed by atoms with Crippen molar-refractivity contribution in [3.63, 3.8) is 0 Å². The van der Waals surface area contributed by atoms with E-state index in [4.69, 9.17) is 5.73 Å². The maximum Gasteiger partial charge on any atom is 0.175 e. The van der Waals surface area contributed by atoms with E-state index in [1.807, 2.05) is 0 Å². The van der Waals surface area contributed by atoms with Gasteiger partial charge in [-0.3, -0.25) is 0 Å². The van der Waals surface area contributed by atoms with Gasteiger partial charge in [0.1, 0.15) is 10.7 Å². The molecule has 0 spiro atoms. The number of sulfone groups is 1. The molecule has 0 aliphatic carbocycles. The standard InChI is InChI=1S/C10H10N2O2S2/c1-16(13,14)8-4-2-7(3-5-8)9-10(11)15-6-12-9/h2-6H,11H2,1H3. The summed E-state index contributed by atoms with van der Waals surface area (Å²) in [5, 5.41) is 0.632. The Morgan fingerprint density at radius 2 is 1.88 bits per heavy atom. The molecule has 84 valence electrons. The number of aromatic nitrogens is 1. The summed E-state index contributed by atoms with van der Waals surface area (Å²) >= 11 is 1.36. The second-order valence-corrected chi connectivity index (χ2v) is 6.26. The van der Waals surface area contributed by atoms with E-state index in [0.29, 0.717) is 15.6 Å². The van der Waals surface area contributed by atoms with Gasteiger partial charge >= 0.3 is 0 Å². The largest absolute Gasteiger partial charge is 0.389 e. The Kier molecular flexibility index (Phi) is 2.69. The minimum atomic E-state index is -3.15. The van der Waals surface area contributed by atoms with Crippen LogP contribution in [0.1, 0.15) is 0 Å². The fourth-order valence-electron chi connectivity index (χ4n) is 1.33. The lowest BCUT2D eigenvalue weighted by molar-refractivity contribution is 0.602. The predicted octanol–water partition coefficient (Wildman–Crippen LogP) is 1.80. The summed E-state index contributed by atoms with van der Waals surface area (Å²) in [6, 6.07) is 6.54. The number of nitrogens with two attached hydrogens (primary N) is 1. The molecule has 2 rings (SSSR count). The first-order valence-electron chi connectivity index (χ1n) is 4.48. The SMILES string of the molecule is CS(=O)(=O)c1ccc(-c2ncsc2N)cc1. The highest BCUT2D eigenvalue weighted by atomic mass is 32.2. The average Bonchev–Trinajstić information content (AvgIpc) is 2.63. The van der Waals surface area contributed by atoms with Crippen LogP contribution in [0.5, 0.6) is 0 Å². The molecule has 0 amide bonds. The molecule has 0 bridgehead atoms. The molecule has 16 heavy (non-hydrogen) atoms. The zero-order valence-corrected chi connectivity index (χ0v) is 10.2. The smallest absolute Gasteiger partial charge is 0.175 e.